The maximum Gasteiger partial charge on any atom is 0.434 e. The summed E-state index contributed by atoms with van der Waals surface area (Å²) in [6.45, 7) is 4.70. The molecule has 5 rings (SSSR count). The Labute approximate surface area is 231 Å². The fourth-order valence-corrected chi connectivity index (χ4v) is 4.81. The van der Waals surface area contributed by atoms with Crippen LogP contribution in [0.3, 0.4) is 0 Å². The third-order valence-corrected chi connectivity index (χ3v) is 6.81. The predicted octanol–water partition coefficient (Wildman–Crippen LogP) is 4.69. The van der Waals surface area contributed by atoms with E-state index in [0.29, 0.717) is 18.6 Å². The van der Waals surface area contributed by atoms with Crippen molar-refractivity contribution in [1.29, 1.82) is 0 Å². The number of hydrogen-bond donors (Lipinski definition) is 2. The second-order valence-corrected chi connectivity index (χ2v) is 9.79. The Morgan fingerprint density at radius 2 is 1.52 bits per heavy atom. The van der Waals surface area contributed by atoms with Crippen molar-refractivity contribution in [2.24, 2.45) is 4.99 Å². The number of benzene rings is 3. The van der Waals surface area contributed by atoms with Crippen LogP contribution >= 0.6 is 0 Å². The van der Waals surface area contributed by atoms with E-state index in [1.54, 1.807) is 12.1 Å². The SMILES string of the molecule is Cc1ccc(C[C@@H](CNC(=O)c2cccnn2)n2c(=NC(=O)O)n(Cc3ccc(C)cc3)c3ccccc32)cc1. The van der Waals surface area contributed by atoms with Gasteiger partial charge in [0.1, 0.15) is 0 Å². The van der Waals surface area contributed by atoms with Crippen LogP contribution in [0.15, 0.2) is 96.1 Å². The number of rotatable bonds is 8. The highest BCUT2D eigenvalue weighted by atomic mass is 16.4. The van der Waals surface area contributed by atoms with Crippen molar-refractivity contribution >= 4 is 23.0 Å². The van der Waals surface area contributed by atoms with Gasteiger partial charge in [-0.15, -0.1) is 10.1 Å². The lowest BCUT2D eigenvalue weighted by Gasteiger charge is -2.21. The van der Waals surface area contributed by atoms with Gasteiger partial charge in [-0.25, -0.2) is 4.79 Å². The summed E-state index contributed by atoms with van der Waals surface area (Å²) in [6.07, 6.45) is 0.751. The number of carbonyl (C=O) groups excluding carboxylic acids is 1. The molecular formula is C31H30N6O3. The molecule has 2 aromatic heterocycles. The topological polar surface area (TPSA) is 114 Å². The van der Waals surface area contributed by atoms with Crippen LogP contribution in [0.4, 0.5) is 4.79 Å². The molecule has 0 aliphatic heterocycles. The summed E-state index contributed by atoms with van der Waals surface area (Å²) in [7, 11) is 0. The summed E-state index contributed by atoms with van der Waals surface area (Å²) in [4.78, 5) is 29.1. The van der Waals surface area contributed by atoms with Crippen LogP contribution in [0.2, 0.25) is 0 Å². The fourth-order valence-electron chi connectivity index (χ4n) is 4.81. The molecule has 2 amide bonds. The van der Waals surface area contributed by atoms with Gasteiger partial charge in [0.25, 0.3) is 5.91 Å². The smallest absolute Gasteiger partial charge is 0.434 e. The van der Waals surface area contributed by atoms with Gasteiger partial charge in [-0.1, -0.05) is 71.8 Å². The van der Waals surface area contributed by atoms with Gasteiger partial charge in [-0.2, -0.15) is 5.10 Å². The molecule has 0 spiro atoms. The number of fused-ring (bicyclic) bond motifs is 1. The van der Waals surface area contributed by atoms with Crippen molar-refractivity contribution < 1.29 is 14.7 Å². The van der Waals surface area contributed by atoms with E-state index in [-0.39, 0.29) is 24.2 Å². The summed E-state index contributed by atoms with van der Waals surface area (Å²) in [5, 5.41) is 20.5. The first-order valence-electron chi connectivity index (χ1n) is 13.0. The number of amides is 2. The first-order chi connectivity index (χ1) is 19.4. The highest BCUT2D eigenvalue weighted by Gasteiger charge is 2.22. The lowest BCUT2D eigenvalue weighted by Crippen LogP contribution is -2.38. The quantitative estimate of drug-likeness (QED) is 0.300. The minimum atomic E-state index is -1.29. The van der Waals surface area contributed by atoms with Crippen LogP contribution in [0, 0.1) is 13.8 Å². The molecule has 0 radical (unpaired) electrons. The van der Waals surface area contributed by atoms with Crippen molar-refractivity contribution in [3.8, 4) is 0 Å². The largest absolute Gasteiger partial charge is 0.463 e. The van der Waals surface area contributed by atoms with Gasteiger partial charge in [0, 0.05) is 12.7 Å². The Balaban J connectivity index is 1.64. The molecule has 0 saturated carbocycles. The molecule has 1 atom stereocenters. The molecule has 5 aromatic rings. The Hall–Kier alpha value is -5.05. The van der Waals surface area contributed by atoms with Crippen LogP contribution in [-0.2, 0) is 13.0 Å². The van der Waals surface area contributed by atoms with Crippen molar-refractivity contribution in [2.75, 3.05) is 6.54 Å². The molecule has 9 nitrogen and oxygen atoms in total. The van der Waals surface area contributed by atoms with Gasteiger partial charge in [-0.3, -0.25) is 4.79 Å². The van der Waals surface area contributed by atoms with Crippen molar-refractivity contribution in [2.45, 2.75) is 32.9 Å². The number of carbonyl (C=O) groups is 2. The Morgan fingerprint density at radius 3 is 2.15 bits per heavy atom. The number of nitrogens with one attached hydrogen (secondary N) is 1. The van der Waals surface area contributed by atoms with E-state index in [0.717, 1.165) is 33.3 Å². The van der Waals surface area contributed by atoms with E-state index in [9.17, 15) is 14.7 Å². The van der Waals surface area contributed by atoms with Crippen molar-refractivity contribution in [3.05, 3.63) is 125 Å². The molecule has 9 heteroatoms. The summed E-state index contributed by atoms with van der Waals surface area (Å²) in [5.74, 6) is -0.359. The van der Waals surface area contributed by atoms with Gasteiger partial charge in [0.05, 0.1) is 23.6 Å². The van der Waals surface area contributed by atoms with Crippen molar-refractivity contribution in [3.63, 3.8) is 0 Å². The Morgan fingerprint density at radius 1 is 0.875 bits per heavy atom. The van der Waals surface area contributed by atoms with Crippen LogP contribution in [-0.4, -0.2) is 43.0 Å². The molecule has 2 N–H and O–H groups in total. The minimum Gasteiger partial charge on any atom is -0.463 e. The Bertz CT molecular complexity index is 1700. The van der Waals surface area contributed by atoms with Crippen LogP contribution < -0.4 is 10.9 Å². The first-order valence-corrected chi connectivity index (χ1v) is 13.0. The summed E-state index contributed by atoms with van der Waals surface area (Å²) >= 11 is 0. The molecule has 0 unspecified atom stereocenters. The maximum atomic E-state index is 12.9. The molecule has 40 heavy (non-hydrogen) atoms. The van der Waals surface area contributed by atoms with Crippen molar-refractivity contribution in [1.82, 2.24) is 24.6 Å². The highest BCUT2D eigenvalue weighted by Crippen LogP contribution is 2.22. The van der Waals surface area contributed by atoms with E-state index < -0.39 is 6.09 Å². The lowest BCUT2D eigenvalue weighted by atomic mass is 10.0. The number of imidazole rings is 1. The summed E-state index contributed by atoms with van der Waals surface area (Å²) < 4.78 is 3.84. The number of aromatic nitrogens is 4. The molecule has 0 aliphatic rings. The van der Waals surface area contributed by atoms with Crippen LogP contribution in [0.5, 0.6) is 0 Å². The van der Waals surface area contributed by atoms with Gasteiger partial charge in [-0.05, 0) is 55.7 Å². The molecule has 0 bridgehead atoms. The molecule has 0 fully saturated rings. The number of nitrogens with zero attached hydrogens (tertiary/aromatic N) is 5. The number of hydrogen-bond acceptors (Lipinski definition) is 4. The van der Waals surface area contributed by atoms with E-state index in [2.05, 4.69) is 20.5 Å². The zero-order valence-corrected chi connectivity index (χ0v) is 22.4. The Kier molecular flexibility index (Phi) is 7.82. The van der Waals surface area contributed by atoms with E-state index in [1.807, 2.05) is 95.8 Å². The first kappa shape index (κ1) is 26.6. The maximum absolute atomic E-state index is 12.9. The minimum absolute atomic E-state index is 0.207. The zero-order chi connectivity index (χ0) is 28.1. The highest BCUT2D eigenvalue weighted by molar-refractivity contribution is 5.92. The number of carboxylic acid groups (broad SMARTS) is 1. The summed E-state index contributed by atoms with van der Waals surface area (Å²) in [5.41, 5.74) is 6.51. The van der Waals surface area contributed by atoms with Crippen LogP contribution in [0.1, 0.15) is 38.8 Å². The third-order valence-electron chi connectivity index (χ3n) is 6.81. The van der Waals surface area contributed by atoms with E-state index in [4.69, 9.17) is 0 Å². The van der Waals surface area contributed by atoms with Crippen LogP contribution in [0.25, 0.3) is 11.0 Å². The van der Waals surface area contributed by atoms with E-state index >= 15 is 0 Å². The van der Waals surface area contributed by atoms with Gasteiger partial charge in [0.15, 0.2) is 5.69 Å². The summed E-state index contributed by atoms with van der Waals surface area (Å²) in [6, 6.07) is 27.0. The molecule has 3 aromatic carbocycles. The molecular weight excluding hydrogens is 504 g/mol. The van der Waals surface area contributed by atoms with Gasteiger partial charge in [0.2, 0.25) is 5.62 Å². The third kappa shape index (κ3) is 5.99. The molecule has 0 aliphatic carbocycles. The predicted molar refractivity (Wildman–Crippen MR) is 152 cm³/mol. The number of aryl methyl sites for hydroxylation is 2. The van der Waals surface area contributed by atoms with Gasteiger partial charge >= 0.3 is 6.09 Å². The fraction of sp³-hybridized carbons (Fsp3) is 0.194. The second-order valence-electron chi connectivity index (χ2n) is 9.79. The van der Waals surface area contributed by atoms with Gasteiger partial charge < -0.3 is 19.6 Å². The standard InChI is InChI=1S/C31H30N6O3/c1-21-9-13-23(14-10-21)18-25(19-32-29(38)26-6-5-17-33-35-26)37-28-8-4-3-7-27(28)36(30(37)34-31(39)40)20-24-15-11-22(2)12-16-24/h3-17,25H,18-20H2,1-2H3,(H,32,38)(H,39,40)/t25-/m0/s1. The monoisotopic (exact) mass is 534 g/mol. The molecule has 202 valence electrons. The average Bonchev–Trinajstić information content (AvgIpc) is 3.25. The zero-order valence-electron chi connectivity index (χ0n) is 22.4. The number of para-hydroxylation sites is 2. The lowest BCUT2D eigenvalue weighted by molar-refractivity contribution is 0.0941. The molecule has 2 heterocycles. The van der Waals surface area contributed by atoms with E-state index in [1.165, 1.54) is 6.20 Å². The average molecular weight is 535 g/mol. The molecule has 0 saturated heterocycles. The second kappa shape index (κ2) is 11.8. The normalized spacial score (nSPS) is 12.4.